The Kier molecular flexibility index (Phi) is 6.56. The summed E-state index contributed by atoms with van der Waals surface area (Å²) in [6, 6.07) is 0. The average Bonchev–Trinajstić information content (AvgIpc) is 2.89. The maximum atomic E-state index is 11.2. The minimum atomic E-state index is -0.594. The second-order valence-electron chi connectivity index (χ2n) is 5.97. The molecule has 0 saturated heterocycles. The molecule has 6 nitrogen and oxygen atoms in total. The number of allylic oxidation sites excluding steroid dienone is 5. The molecule has 0 spiro atoms. The van der Waals surface area contributed by atoms with Gasteiger partial charge in [-0.2, -0.15) is 0 Å². The first-order valence-electron chi connectivity index (χ1n) is 7.74. The first-order valence-corrected chi connectivity index (χ1v) is 7.74. The lowest BCUT2D eigenvalue weighted by molar-refractivity contribution is -0.114. The molecule has 0 aliphatic heterocycles. The molecule has 4 N–H and O–H groups in total. The summed E-state index contributed by atoms with van der Waals surface area (Å²) in [6.45, 7) is 10.9. The number of carbonyl (C=O) groups is 1. The van der Waals surface area contributed by atoms with Gasteiger partial charge in [0.1, 0.15) is 5.82 Å². The van der Waals surface area contributed by atoms with Gasteiger partial charge >= 0.3 is 0 Å². The Hall–Kier alpha value is -3.02. The van der Waals surface area contributed by atoms with Gasteiger partial charge in [0.05, 0.1) is 5.69 Å². The number of carbonyl (C=O) groups excluding carboxylic acids is 1. The molecule has 1 rings (SSSR count). The van der Waals surface area contributed by atoms with E-state index < -0.39 is 5.91 Å². The highest BCUT2D eigenvalue weighted by atomic mass is 16.1. The smallest absolute Gasteiger partial charge is 0.248 e. The number of amides is 1. The van der Waals surface area contributed by atoms with Crippen molar-refractivity contribution in [1.29, 1.82) is 10.8 Å². The number of aryl methyl sites for hydroxylation is 1. The number of primary amides is 1. The van der Waals surface area contributed by atoms with E-state index in [9.17, 15) is 4.79 Å². The van der Waals surface area contributed by atoms with Crippen LogP contribution in [0.3, 0.4) is 0 Å². The van der Waals surface area contributed by atoms with Crippen LogP contribution in [0.2, 0.25) is 0 Å². The molecule has 0 bridgehead atoms. The van der Waals surface area contributed by atoms with Crippen LogP contribution in [0.25, 0.3) is 11.1 Å². The fourth-order valence-electron chi connectivity index (χ4n) is 2.45. The van der Waals surface area contributed by atoms with Crippen LogP contribution < -0.4 is 5.73 Å². The molecule has 0 aliphatic rings. The SMILES string of the molecule is C=C(/C=C(C)\C(C=N)=C(/C)c1nc(/C(C)=C/C(C)=N)cn1C)C(N)=O. The Morgan fingerprint density at radius 3 is 2.36 bits per heavy atom. The zero-order valence-electron chi connectivity index (χ0n) is 15.4. The molecule has 0 atom stereocenters. The third-order valence-electron chi connectivity index (χ3n) is 3.73. The standard InChI is InChI=1S/C19H25N5O/c1-11(7-13(3)18(22)25)16(9-20)15(5)19-23-17(10-24(19)6)12(2)8-14(4)21/h7-10,20-21H,3H2,1-2,4-6H3,(H2,22,25)/b11-7-,12-8+,16-15+,20-9?,21-14?. The lowest BCUT2D eigenvalue weighted by atomic mass is 10.0. The first kappa shape index (κ1) is 20.0. The van der Waals surface area contributed by atoms with E-state index in [-0.39, 0.29) is 5.57 Å². The highest BCUT2D eigenvalue weighted by molar-refractivity contribution is 5.98. The maximum Gasteiger partial charge on any atom is 0.248 e. The van der Waals surface area contributed by atoms with Gasteiger partial charge in [0, 0.05) is 41.9 Å². The van der Waals surface area contributed by atoms with Crippen LogP contribution >= 0.6 is 0 Å². The second-order valence-corrected chi connectivity index (χ2v) is 5.97. The number of nitrogens with zero attached hydrogens (tertiary/aromatic N) is 2. The van der Waals surface area contributed by atoms with E-state index in [1.807, 2.05) is 31.7 Å². The number of nitrogens with one attached hydrogen (secondary N) is 2. The molecule has 132 valence electrons. The Morgan fingerprint density at radius 2 is 1.88 bits per heavy atom. The molecule has 0 aromatic carbocycles. The second kappa shape index (κ2) is 8.19. The van der Waals surface area contributed by atoms with E-state index in [1.54, 1.807) is 26.0 Å². The van der Waals surface area contributed by atoms with Gasteiger partial charge in [0.2, 0.25) is 5.91 Å². The fourth-order valence-corrected chi connectivity index (χ4v) is 2.45. The Labute approximate surface area is 148 Å². The zero-order valence-corrected chi connectivity index (χ0v) is 15.4. The number of nitrogens with two attached hydrogens (primary N) is 1. The predicted molar refractivity (Wildman–Crippen MR) is 104 cm³/mol. The lowest BCUT2D eigenvalue weighted by Crippen LogP contribution is -2.12. The lowest BCUT2D eigenvalue weighted by Gasteiger charge is -2.09. The molecule has 0 fully saturated rings. The van der Waals surface area contributed by atoms with Crippen LogP contribution in [0, 0.1) is 10.8 Å². The molecule has 6 heteroatoms. The molecule has 1 aromatic heterocycles. The van der Waals surface area contributed by atoms with Gasteiger partial charge in [-0.15, -0.1) is 0 Å². The zero-order chi connectivity index (χ0) is 19.3. The maximum absolute atomic E-state index is 11.2. The predicted octanol–water partition coefficient (Wildman–Crippen LogP) is 3.27. The number of rotatable bonds is 7. The van der Waals surface area contributed by atoms with E-state index in [0.717, 1.165) is 16.8 Å². The highest BCUT2D eigenvalue weighted by Crippen LogP contribution is 2.24. The van der Waals surface area contributed by atoms with Crippen molar-refractivity contribution in [2.75, 3.05) is 0 Å². The van der Waals surface area contributed by atoms with Crippen molar-refractivity contribution >= 4 is 29.0 Å². The van der Waals surface area contributed by atoms with Gasteiger partial charge in [-0.3, -0.25) is 4.79 Å². The van der Waals surface area contributed by atoms with Crippen molar-refractivity contribution in [3.05, 3.63) is 53.2 Å². The van der Waals surface area contributed by atoms with Crippen molar-refractivity contribution in [2.24, 2.45) is 12.8 Å². The van der Waals surface area contributed by atoms with E-state index in [1.165, 1.54) is 6.21 Å². The van der Waals surface area contributed by atoms with E-state index in [0.29, 0.717) is 22.7 Å². The van der Waals surface area contributed by atoms with Gasteiger partial charge in [-0.1, -0.05) is 6.58 Å². The summed E-state index contributed by atoms with van der Waals surface area (Å²) in [5.74, 6) is 0.115. The van der Waals surface area contributed by atoms with Crippen LogP contribution in [0.15, 0.2) is 41.6 Å². The van der Waals surface area contributed by atoms with Crippen molar-refractivity contribution < 1.29 is 4.79 Å². The normalized spacial score (nSPS) is 13.3. The number of hydrogen-bond donors (Lipinski definition) is 3. The molecule has 0 aliphatic carbocycles. The molecule has 0 radical (unpaired) electrons. The summed E-state index contributed by atoms with van der Waals surface area (Å²) in [4.78, 5) is 15.8. The summed E-state index contributed by atoms with van der Waals surface area (Å²) < 4.78 is 1.88. The number of imidazole rings is 1. The van der Waals surface area contributed by atoms with E-state index >= 15 is 0 Å². The third-order valence-corrected chi connectivity index (χ3v) is 3.73. The van der Waals surface area contributed by atoms with E-state index in [4.69, 9.17) is 16.6 Å². The Morgan fingerprint density at radius 1 is 1.28 bits per heavy atom. The van der Waals surface area contributed by atoms with Gasteiger partial charge in [-0.25, -0.2) is 4.98 Å². The molecule has 1 aromatic rings. The van der Waals surface area contributed by atoms with Crippen molar-refractivity contribution in [3.8, 4) is 0 Å². The van der Waals surface area contributed by atoms with Gasteiger partial charge in [0.15, 0.2) is 0 Å². The molecule has 0 unspecified atom stereocenters. The van der Waals surface area contributed by atoms with Crippen LogP contribution in [-0.2, 0) is 11.8 Å². The van der Waals surface area contributed by atoms with Crippen molar-refractivity contribution in [1.82, 2.24) is 9.55 Å². The number of aromatic nitrogens is 2. The molecular weight excluding hydrogens is 314 g/mol. The summed E-state index contributed by atoms with van der Waals surface area (Å²) in [5.41, 5.74) is 9.69. The quantitative estimate of drug-likeness (QED) is 0.402. The third kappa shape index (κ3) is 4.97. The van der Waals surface area contributed by atoms with Crippen molar-refractivity contribution in [3.63, 3.8) is 0 Å². The summed E-state index contributed by atoms with van der Waals surface area (Å²) in [6.07, 6.45) is 6.44. The summed E-state index contributed by atoms with van der Waals surface area (Å²) in [5, 5.41) is 15.3. The molecule has 1 amide bonds. The molecule has 25 heavy (non-hydrogen) atoms. The monoisotopic (exact) mass is 339 g/mol. The highest BCUT2D eigenvalue weighted by Gasteiger charge is 2.13. The largest absolute Gasteiger partial charge is 0.366 e. The van der Waals surface area contributed by atoms with Gasteiger partial charge in [-0.05, 0) is 51.0 Å². The van der Waals surface area contributed by atoms with E-state index in [2.05, 4.69) is 11.6 Å². The summed E-state index contributed by atoms with van der Waals surface area (Å²) in [7, 11) is 1.88. The minimum Gasteiger partial charge on any atom is -0.366 e. The van der Waals surface area contributed by atoms with Crippen LogP contribution in [0.1, 0.15) is 39.2 Å². The van der Waals surface area contributed by atoms with Gasteiger partial charge < -0.3 is 21.1 Å². The Balaban J connectivity index is 3.42. The van der Waals surface area contributed by atoms with Gasteiger partial charge in [0.25, 0.3) is 0 Å². The van der Waals surface area contributed by atoms with Crippen LogP contribution in [0.5, 0.6) is 0 Å². The average molecular weight is 339 g/mol. The van der Waals surface area contributed by atoms with Crippen molar-refractivity contribution in [2.45, 2.75) is 27.7 Å². The molecule has 0 saturated carbocycles. The summed E-state index contributed by atoms with van der Waals surface area (Å²) >= 11 is 0. The van der Waals surface area contributed by atoms with Crippen LogP contribution in [-0.4, -0.2) is 27.4 Å². The first-order chi connectivity index (χ1) is 11.6. The molecular formula is C19H25N5O. The minimum absolute atomic E-state index is 0.186. The fraction of sp³-hybridized carbons (Fsp3) is 0.263. The van der Waals surface area contributed by atoms with Crippen LogP contribution in [0.4, 0.5) is 0 Å². The molecule has 1 heterocycles. The Bertz CT molecular complexity index is 834. The number of hydrogen-bond acceptors (Lipinski definition) is 4. The topological polar surface area (TPSA) is 109 Å².